The SMILES string of the molecule is O=c1[nH]c(-c2ccco2)ccc1-c1nc(-c2cc3ccccc3o2)no1. The highest BCUT2D eigenvalue weighted by Crippen LogP contribution is 2.27. The van der Waals surface area contributed by atoms with E-state index in [1.165, 1.54) is 0 Å². The van der Waals surface area contributed by atoms with E-state index in [1.54, 1.807) is 30.5 Å². The molecule has 1 N–H and O–H groups in total. The summed E-state index contributed by atoms with van der Waals surface area (Å²) in [4.78, 5) is 19.4. The van der Waals surface area contributed by atoms with Crippen molar-refractivity contribution < 1.29 is 13.4 Å². The Morgan fingerprint density at radius 2 is 1.88 bits per heavy atom. The molecule has 0 atom stereocenters. The minimum absolute atomic E-state index is 0.118. The molecule has 4 aromatic heterocycles. The summed E-state index contributed by atoms with van der Waals surface area (Å²) in [5.74, 6) is 1.45. The number of nitrogens with one attached hydrogen (secondary N) is 1. The van der Waals surface area contributed by atoms with Gasteiger partial charge in [0, 0.05) is 5.39 Å². The lowest BCUT2D eigenvalue weighted by molar-refractivity contribution is 0.429. The number of fused-ring (bicyclic) bond motifs is 1. The van der Waals surface area contributed by atoms with E-state index in [-0.39, 0.29) is 22.8 Å². The van der Waals surface area contributed by atoms with E-state index < -0.39 is 0 Å². The standard InChI is InChI=1S/C19H11N3O4/c23-18-12(7-8-13(20-18)15-6-3-9-24-15)19-21-17(22-26-19)16-10-11-4-1-2-5-14(11)25-16/h1-10H,(H,20,23). The van der Waals surface area contributed by atoms with Crippen LogP contribution in [0.5, 0.6) is 0 Å². The van der Waals surface area contributed by atoms with Crippen LogP contribution >= 0.6 is 0 Å². The number of aromatic nitrogens is 3. The first-order chi connectivity index (χ1) is 12.8. The Hall–Kier alpha value is -3.87. The molecule has 7 nitrogen and oxygen atoms in total. The fraction of sp³-hybridized carbons (Fsp3) is 0. The van der Waals surface area contributed by atoms with Gasteiger partial charge in [0.25, 0.3) is 11.4 Å². The average molecular weight is 345 g/mol. The molecule has 7 heteroatoms. The minimum atomic E-state index is -0.348. The molecule has 5 rings (SSSR count). The zero-order chi connectivity index (χ0) is 17.5. The Balaban J connectivity index is 1.53. The van der Waals surface area contributed by atoms with Crippen LogP contribution in [0.1, 0.15) is 0 Å². The first-order valence-electron chi connectivity index (χ1n) is 7.88. The lowest BCUT2D eigenvalue weighted by atomic mass is 10.2. The monoisotopic (exact) mass is 345 g/mol. The van der Waals surface area contributed by atoms with Gasteiger partial charge in [-0.15, -0.1) is 0 Å². The topological polar surface area (TPSA) is 98.1 Å². The summed E-state index contributed by atoms with van der Waals surface area (Å²) in [6.07, 6.45) is 1.54. The van der Waals surface area contributed by atoms with E-state index in [2.05, 4.69) is 15.1 Å². The van der Waals surface area contributed by atoms with Crippen molar-refractivity contribution in [3.05, 3.63) is 71.2 Å². The van der Waals surface area contributed by atoms with Gasteiger partial charge in [0.05, 0.1) is 12.0 Å². The van der Waals surface area contributed by atoms with Crippen molar-refractivity contribution in [3.8, 4) is 34.5 Å². The van der Waals surface area contributed by atoms with Crippen LogP contribution in [0, 0.1) is 0 Å². The number of para-hydroxylation sites is 1. The number of hydrogen-bond acceptors (Lipinski definition) is 6. The molecule has 0 saturated carbocycles. The Labute approximate surface area is 145 Å². The zero-order valence-corrected chi connectivity index (χ0v) is 13.3. The van der Waals surface area contributed by atoms with Crippen LogP contribution in [0.4, 0.5) is 0 Å². The summed E-state index contributed by atoms with van der Waals surface area (Å²) >= 11 is 0. The van der Waals surface area contributed by atoms with Crippen molar-refractivity contribution >= 4 is 11.0 Å². The van der Waals surface area contributed by atoms with Gasteiger partial charge in [0.2, 0.25) is 5.82 Å². The maximum atomic E-state index is 12.4. The molecule has 0 aliphatic heterocycles. The average Bonchev–Trinajstić information content (AvgIpc) is 3.40. The molecule has 26 heavy (non-hydrogen) atoms. The number of benzene rings is 1. The molecule has 126 valence electrons. The summed E-state index contributed by atoms with van der Waals surface area (Å²) in [5, 5.41) is 4.86. The molecule has 0 spiro atoms. The third kappa shape index (κ3) is 2.34. The second-order valence-electron chi connectivity index (χ2n) is 5.66. The van der Waals surface area contributed by atoms with E-state index in [0.29, 0.717) is 17.2 Å². The van der Waals surface area contributed by atoms with Crippen molar-refractivity contribution in [3.63, 3.8) is 0 Å². The third-order valence-corrected chi connectivity index (χ3v) is 4.00. The maximum absolute atomic E-state index is 12.4. The molecule has 5 aromatic rings. The molecule has 0 aliphatic carbocycles. The molecule has 0 fully saturated rings. The van der Waals surface area contributed by atoms with Gasteiger partial charge in [0.15, 0.2) is 5.76 Å². The van der Waals surface area contributed by atoms with Gasteiger partial charge in [-0.05, 0) is 36.4 Å². The molecule has 4 heterocycles. The van der Waals surface area contributed by atoms with E-state index in [0.717, 1.165) is 11.0 Å². The van der Waals surface area contributed by atoms with Gasteiger partial charge in [-0.2, -0.15) is 4.98 Å². The van der Waals surface area contributed by atoms with Gasteiger partial charge >= 0.3 is 0 Å². The first kappa shape index (κ1) is 14.5. The quantitative estimate of drug-likeness (QED) is 0.529. The predicted molar refractivity (Wildman–Crippen MR) is 93.3 cm³/mol. The summed E-state index contributed by atoms with van der Waals surface area (Å²) < 4.78 is 16.2. The van der Waals surface area contributed by atoms with Crippen molar-refractivity contribution in [2.45, 2.75) is 0 Å². The number of pyridine rings is 1. The normalized spacial score (nSPS) is 11.2. The fourth-order valence-electron chi connectivity index (χ4n) is 2.74. The largest absolute Gasteiger partial charge is 0.463 e. The van der Waals surface area contributed by atoms with Crippen LogP contribution in [0.25, 0.3) is 45.5 Å². The Kier molecular flexibility index (Phi) is 3.11. The lowest BCUT2D eigenvalue weighted by Crippen LogP contribution is -2.09. The van der Waals surface area contributed by atoms with Gasteiger partial charge in [0.1, 0.15) is 16.9 Å². The summed E-state index contributed by atoms with van der Waals surface area (Å²) in [6.45, 7) is 0. The van der Waals surface area contributed by atoms with Crippen molar-refractivity contribution in [1.29, 1.82) is 0 Å². The molecule has 0 amide bonds. The van der Waals surface area contributed by atoms with Crippen LogP contribution in [0.15, 0.2) is 79.0 Å². The Morgan fingerprint density at radius 3 is 2.69 bits per heavy atom. The molecule has 1 aromatic carbocycles. The van der Waals surface area contributed by atoms with E-state index >= 15 is 0 Å². The van der Waals surface area contributed by atoms with Gasteiger partial charge in [-0.3, -0.25) is 4.79 Å². The summed E-state index contributed by atoms with van der Waals surface area (Å²) in [5.41, 5.74) is 1.23. The third-order valence-electron chi connectivity index (χ3n) is 4.00. The molecule has 0 bridgehead atoms. The van der Waals surface area contributed by atoms with Crippen LogP contribution in [0.2, 0.25) is 0 Å². The molecular formula is C19H11N3O4. The number of nitrogens with zero attached hydrogens (tertiary/aromatic N) is 2. The van der Waals surface area contributed by atoms with E-state index in [4.69, 9.17) is 13.4 Å². The second kappa shape index (κ2) is 5.59. The van der Waals surface area contributed by atoms with Crippen LogP contribution in [-0.4, -0.2) is 15.1 Å². The molecule has 0 unspecified atom stereocenters. The Bertz CT molecular complexity index is 1230. The van der Waals surface area contributed by atoms with Crippen LogP contribution in [0.3, 0.4) is 0 Å². The highest BCUT2D eigenvalue weighted by atomic mass is 16.5. The van der Waals surface area contributed by atoms with Crippen LogP contribution in [-0.2, 0) is 0 Å². The molecule has 0 radical (unpaired) electrons. The van der Waals surface area contributed by atoms with Crippen LogP contribution < -0.4 is 5.56 Å². The molecule has 0 saturated heterocycles. The second-order valence-corrected chi connectivity index (χ2v) is 5.66. The van der Waals surface area contributed by atoms with Crippen molar-refractivity contribution in [2.75, 3.05) is 0 Å². The first-order valence-corrected chi connectivity index (χ1v) is 7.88. The maximum Gasteiger partial charge on any atom is 0.263 e. The van der Waals surface area contributed by atoms with Gasteiger partial charge < -0.3 is 18.3 Å². The van der Waals surface area contributed by atoms with Gasteiger partial charge in [-0.25, -0.2) is 0 Å². The van der Waals surface area contributed by atoms with Crippen molar-refractivity contribution in [2.24, 2.45) is 0 Å². The predicted octanol–water partition coefficient (Wildman–Crippen LogP) is 4.10. The van der Waals surface area contributed by atoms with Crippen molar-refractivity contribution in [1.82, 2.24) is 15.1 Å². The van der Waals surface area contributed by atoms with Gasteiger partial charge in [-0.1, -0.05) is 23.4 Å². The number of hydrogen-bond donors (Lipinski definition) is 1. The number of rotatable bonds is 3. The highest BCUT2D eigenvalue weighted by molar-refractivity contribution is 5.81. The van der Waals surface area contributed by atoms with E-state index in [9.17, 15) is 4.79 Å². The zero-order valence-electron chi connectivity index (χ0n) is 13.3. The smallest absolute Gasteiger partial charge is 0.263 e. The number of H-pyrrole nitrogens is 1. The molecule has 0 aliphatic rings. The summed E-state index contributed by atoms with van der Waals surface area (Å²) in [7, 11) is 0. The number of aromatic amines is 1. The highest BCUT2D eigenvalue weighted by Gasteiger charge is 2.17. The molecular weight excluding hydrogens is 334 g/mol. The minimum Gasteiger partial charge on any atom is -0.463 e. The lowest BCUT2D eigenvalue weighted by Gasteiger charge is -1.98. The number of furan rings is 2. The Morgan fingerprint density at radius 1 is 0.962 bits per heavy atom. The fourth-order valence-corrected chi connectivity index (χ4v) is 2.74. The summed E-state index contributed by atoms with van der Waals surface area (Å²) in [6, 6.07) is 16.3. The van der Waals surface area contributed by atoms with E-state index in [1.807, 2.05) is 30.3 Å².